The van der Waals surface area contributed by atoms with Gasteiger partial charge >= 0.3 is 0 Å². The van der Waals surface area contributed by atoms with Gasteiger partial charge in [-0.05, 0) is 56.0 Å². The molecular formula is C22H31N3O2. The van der Waals surface area contributed by atoms with Crippen molar-refractivity contribution in [3.63, 3.8) is 0 Å². The van der Waals surface area contributed by atoms with E-state index in [0.29, 0.717) is 12.5 Å². The zero-order chi connectivity index (χ0) is 19.1. The third-order valence-electron chi connectivity index (χ3n) is 6.41. The van der Waals surface area contributed by atoms with Crippen LogP contribution in [-0.2, 0) is 4.79 Å². The lowest BCUT2D eigenvalue weighted by atomic mass is 9.74. The Balaban J connectivity index is 0.000000659. The number of benzene rings is 1. The van der Waals surface area contributed by atoms with Crippen LogP contribution in [0.2, 0.25) is 0 Å². The summed E-state index contributed by atoms with van der Waals surface area (Å²) >= 11 is 0. The van der Waals surface area contributed by atoms with Gasteiger partial charge in [0.15, 0.2) is 0 Å². The zero-order valence-electron chi connectivity index (χ0n) is 16.0. The summed E-state index contributed by atoms with van der Waals surface area (Å²) in [5, 5.41) is 15.7. The lowest BCUT2D eigenvalue weighted by molar-refractivity contribution is -0.122. The minimum Gasteiger partial charge on any atom is -0.483 e. The number of piperidine rings is 3. The third kappa shape index (κ3) is 4.88. The minimum atomic E-state index is -0.250. The van der Waals surface area contributed by atoms with Crippen LogP contribution in [0.15, 0.2) is 30.3 Å². The first-order valence-corrected chi connectivity index (χ1v) is 10.2. The second-order valence-corrected chi connectivity index (χ2v) is 8.11. The molecule has 0 aliphatic carbocycles. The van der Waals surface area contributed by atoms with E-state index in [1.165, 1.54) is 50.9 Å². The summed E-state index contributed by atoms with van der Waals surface area (Å²) in [4.78, 5) is 13.9. The Morgan fingerprint density at radius 1 is 1.19 bits per heavy atom. The van der Waals surface area contributed by atoms with Crippen LogP contribution < -0.4 is 0 Å². The predicted molar refractivity (Wildman–Crippen MR) is 105 cm³/mol. The molecule has 3 aliphatic rings. The van der Waals surface area contributed by atoms with E-state index < -0.39 is 0 Å². The zero-order valence-corrected chi connectivity index (χ0v) is 16.0. The Labute approximate surface area is 162 Å². The van der Waals surface area contributed by atoms with Crippen molar-refractivity contribution in [3.8, 4) is 6.07 Å². The highest BCUT2D eigenvalue weighted by molar-refractivity contribution is 5.32. The normalized spacial score (nSPS) is 30.3. The second kappa shape index (κ2) is 9.87. The molecule has 0 saturated carbocycles. The highest BCUT2D eigenvalue weighted by Gasteiger charge is 2.44. The standard InChI is InChI=1S/C21H29N3.CH2O2/c22-11-4-5-12-23-14-17-13-19(16-23)21-10-6-9-20(24(21)15-17)18-7-2-1-3-8-18;2-1-3/h1-3,7-8,17,19-21H,4-6,9-10,12-16H2;1H,(H,2,3)/t17-,19+,20+,21-;/m0./s1. The van der Waals surface area contributed by atoms with Crippen molar-refractivity contribution in [2.75, 3.05) is 26.2 Å². The molecule has 3 heterocycles. The number of hydrogen-bond donors (Lipinski definition) is 1. The summed E-state index contributed by atoms with van der Waals surface area (Å²) in [7, 11) is 0. The molecule has 2 bridgehead atoms. The first-order valence-electron chi connectivity index (χ1n) is 10.2. The van der Waals surface area contributed by atoms with Gasteiger partial charge in [-0.25, -0.2) is 0 Å². The maximum atomic E-state index is 8.77. The summed E-state index contributed by atoms with van der Waals surface area (Å²) < 4.78 is 0. The van der Waals surface area contributed by atoms with Crippen molar-refractivity contribution in [1.82, 2.24) is 9.80 Å². The molecule has 1 aromatic rings. The average molecular weight is 370 g/mol. The van der Waals surface area contributed by atoms with Gasteiger partial charge in [-0.1, -0.05) is 30.3 Å². The molecule has 1 aromatic carbocycles. The monoisotopic (exact) mass is 369 g/mol. The molecule has 5 nitrogen and oxygen atoms in total. The molecule has 0 unspecified atom stereocenters. The Kier molecular flexibility index (Phi) is 7.25. The number of fused-ring (bicyclic) bond motifs is 4. The molecule has 3 saturated heterocycles. The quantitative estimate of drug-likeness (QED) is 0.649. The van der Waals surface area contributed by atoms with Crippen LogP contribution in [0.25, 0.3) is 0 Å². The lowest BCUT2D eigenvalue weighted by Gasteiger charge is -2.55. The summed E-state index contributed by atoms with van der Waals surface area (Å²) in [6.07, 6.45) is 7.25. The highest BCUT2D eigenvalue weighted by atomic mass is 16.3. The predicted octanol–water partition coefficient (Wildman–Crippen LogP) is 3.54. The average Bonchev–Trinajstić information content (AvgIpc) is 2.69. The molecule has 0 spiro atoms. The van der Waals surface area contributed by atoms with Gasteiger partial charge in [0.2, 0.25) is 0 Å². The van der Waals surface area contributed by atoms with Crippen molar-refractivity contribution >= 4 is 6.47 Å². The van der Waals surface area contributed by atoms with Crippen molar-refractivity contribution in [2.24, 2.45) is 11.8 Å². The van der Waals surface area contributed by atoms with Gasteiger partial charge in [0, 0.05) is 38.1 Å². The topological polar surface area (TPSA) is 67.6 Å². The van der Waals surface area contributed by atoms with Gasteiger partial charge in [0.05, 0.1) is 6.07 Å². The van der Waals surface area contributed by atoms with E-state index in [1.807, 2.05) is 0 Å². The number of likely N-dealkylation sites (tertiary alicyclic amines) is 1. The van der Waals surface area contributed by atoms with Crippen LogP contribution in [0, 0.1) is 23.2 Å². The minimum absolute atomic E-state index is 0.250. The van der Waals surface area contributed by atoms with E-state index in [0.717, 1.165) is 30.8 Å². The number of rotatable bonds is 4. The Bertz CT molecular complexity index is 630. The van der Waals surface area contributed by atoms with Crippen molar-refractivity contribution in [2.45, 2.75) is 50.6 Å². The number of carbonyl (C=O) groups is 1. The van der Waals surface area contributed by atoms with E-state index in [9.17, 15) is 0 Å². The molecule has 4 atom stereocenters. The van der Waals surface area contributed by atoms with Crippen LogP contribution in [0.4, 0.5) is 0 Å². The van der Waals surface area contributed by atoms with Crippen LogP contribution >= 0.6 is 0 Å². The van der Waals surface area contributed by atoms with Crippen LogP contribution in [0.3, 0.4) is 0 Å². The fourth-order valence-corrected chi connectivity index (χ4v) is 5.51. The SMILES string of the molecule is N#CCCCN1C[C@@H]2C[C@H](C1)[C@@H]1CCC[C@H](c3ccccc3)N1C2.O=CO. The summed E-state index contributed by atoms with van der Waals surface area (Å²) in [6, 6.07) is 14.9. The van der Waals surface area contributed by atoms with E-state index in [2.05, 4.69) is 46.2 Å². The van der Waals surface area contributed by atoms with Gasteiger partial charge in [0.25, 0.3) is 6.47 Å². The molecule has 146 valence electrons. The molecule has 1 N–H and O–H groups in total. The largest absolute Gasteiger partial charge is 0.483 e. The van der Waals surface area contributed by atoms with Crippen molar-refractivity contribution < 1.29 is 9.90 Å². The molecule has 4 rings (SSSR count). The molecule has 0 aromatic heterocycles. The number of hydrogen-bond acceptors (Lipinski definition) is 4. The number of carboxylic acid groups (broad SMARTS) is 1. The second-order valence-electron chi connectivity index (χ2n) is 8.11. The molecule has 3 fully saturated rings. The fourth-order valence-electron chi connectivity index (χ4n) is 5.51. The van der Waals surface area contributed by atoms with Crippen LogP contribution in [0.1, 0.15) is 50.1 Å². The lowest BCUT2D eigenvalue weighted by Crippen LogP contribution is -2.59. The van der Waals surface area contributed by atoms with Crippen LogP contribution in [-0.4, -0.2) is 53.6 Å². The van der Waals surface area contributed by atoms with Gasteiger partial charge in [-0.15, -0.1) is 0 Å². The van der Waals surface area contributed by atoms with Crippen LogP contribution in [0.5, 0.6) is 0 Å². The van der Waals surface area contributed by atoms with Crippen molar-refractivity contribution in [1.29, 1.82) is 5.26 Å². The summed E-state index contributed by atoms with van der Waals surface area (Å²) in [5.41, 5.74) is 1.52. The number of nitrogens with zero attached hydrogens (tertiary/aromatic N) is 3. The Morgan fingerprint density at radius 2 is 1.96 bits per heavy atom. The third-order valence-corrected chi connectivity index (χ3v) is 6.41. The van der Waals surface area contributed by atoms with Crippen molar-refractivity contribution in [3.05, 3.63) is 35.9 Å². The molecule has 0 radical (unpaired) electrons. The van der Waals surface area contributed by atoms with E-state index in [-0.39, 0.29) is 6.47 Å². The highest BCUT2D eigenvalue weighted by Crippen LogP contribution is 2.44. The van der Waals surface area contributed by atoms with E-state index in [1.54, 1.807) is 0 Å². The Hall–Kier alpha value is -1.90. The molecule has 27 heavy (non-hydrogen) atoms. The van der Waals surface area contributed by atoms with E-state index >= 15 is 0 Å². The van der Waals surface area contributed by atoms with E-state index in [4.69, 9.17) is 15.2 Å². The first kappa shape index (κ1) is 19.9. The summed E-state index contributed by atoms with van der Waals surface area (Å²) in [5.74, 6) is 1.66. The first-order chi connectivity index (χ1) is 13.3. The molecule has 5 heteroatoms. The number of unbranched alkanes of at least 4 members (excludes halogenated alkanes) is 1. The van der Waals surface area contributed by atoms with Gasteiger partial charge < -0.3 is 10.0 Å². The number of nitriles is 1. The Morgan fingerprint density at radius 3 is 2.70 bits per heavy atom. The molecule has 3 aliphatic heterocycles. The summed E-state index contributed by atoms with van der Waals surface area (Å²) in [6.45, 7) is 4.64. The fraction of sp³-hybridized carbons (Fsp3) is 0.636. The maximum Gasteiger partial charge on any atom is 0.290 e. The smallest absolute Gasteiger partial charge is 0.290 e. The van der Waals surface area contributed by atoms with Gasteiger partial charge in [-0.3, -0.25) is 9.69 Å². The maximum absolute atomic E-state index is 8.77. The van der Waals surface area contributed by atoms with Gasteiger partial charge in [-0.2, -0.15) is 5.26 Å². The molecule has 0 amide bonds. The molecular weight excluding hydrogens is 338 g/mol. The van der Waals surface area contributed by atoms with Gasteiger partial charge in [0.1, 0.15) is 0 Å².